The van der Waals surface area contributed by atoms with Crippen LogP contribution in [0.2, 0.25) is 0 Å². The van der Waals surface area contributed by atoms with E-state index in [4.69, 9.17) is 10.00 Å². The number of pyridine rings is 1. The Bertz CT molecular complexity index is 1440. The topological polar surface area (TPSA) is 101 Å². The van der Waals surface area contributed by atoms with E-state index in [1.807, 2.05) is 36.4 Å². The fraction of sp³-hybridized carbons (Fsp3) is 0.192. The molecule has 4 aromatic rings. The number of rotatable bonds is 7. The monoisotopic (exact) mass is 471 g/mol. The van der Waals surface area contributed by atoms with Crippen molar-refractivity contribution in [3.8, 4) is 17.3 Å². The highest BCUT2D eigenvalue weighted by Gasteiger charge is 2.24. The summed E-state index contributed by atoms with van der Waals surface area (Å²) in [6, 6.07) is 18.7. The summed E-state index contributed by atoms with van der Waals surface area (Å²) in [5.74, 6) is -1.98. The highest BCUT2D eigenvalue weighted by atomic mass is 19.1. The molecule has 0 fully saturated rings. The third-order valence-corrected chi connectivity index (χ3v) is 5.48. The average Bonchev–Trinajstić information content (AvgIpc) is 3.16. The lowest BCUT2D eigenvalue weighted by Gasteiger charge is -2.22. The molecule has 0 aliphatic rings. The standard InChI is InChI=1S/C26H22FN5O3/c1-17-24-19(15-21(18-9-4-3-5-10-18)29-25(24)31(2)30-17)26(34)35-16-23(33)32(14-8-13-28)22-12-7-6-11-20(22)27/h3-7,9-12,15H,8,14,16H2,1-2H3. The van der Waals surface area contributed by atoms with E-state index in [0.29, 0.717) is 22.4 Å². The van der Waals surface area contributed by atoms with Crippen LogP contribution in [0.3, 0.4) is 0 Å². The molecule has 0 radical (unpaired) electrons. The summed E-state index contributed by atoms with van der Waals surface area (Å²) in [5, 5.41) is 13.8. The molecular formula is C26H22FN5O3. The van der Waals surface area contributed by atoms with E-state index in [0.717, 1.165) is 10.5 Å². The maximum absolute atomic E-state index is 14.3. The predicted molar refractivity (Wildman–Crippen MR) is 128 cm³/mol. The van der Waals surface area contributed by atoms with Crippen molar-refractivity contribution in [1.29, 1.82) is 5.26 Å². The van der Waals surface area contributed by atoms with Crippen LogP contribution in [0.15, 0.2) is 60.7 Å². The first-order valence-electron chi connectivity index (χ1n) is 10.9. The van der Waals surface area contributed by atoms with Crippen LogP contribution in [0.4, 0.5) is 10.1 Å². The van der Waals surface area contributed by atoms with E-state index in [-0.39, 0.29) is 24.2 Å². The van der Waals surface area contributed by atoms with E-state index >= 15 is 0 Å². The Kier molecular flexibility index (Phi) is 6.83. The molecule has 0 spiro atoms. The van der Waals surface area contributed by atoms with Crippen molar-refractivity contribution in [3.63, 3.8) is 0 Å². The smallest absolute Gasteiger partial charge is 0.339 e. The summed E-state index contributed by atoms with van der Waals surface area (Å²) < 4.78 is 21.3. The van der Waals surface area contributed by atoms with E-state index in [1.165, 1.54) is 18.2 Å². The number of halogens is 1. The second-order valence-corrected chi connectivity index (χ2v) is 7.81. The van der Waals surface area contributed by atoms with Crippen LogP contribution in [0.25, 0.3) is 22.3 Å². The van der Waals surface area contributed by atoms with Crippen LogP contribution < -0.4 is 4.90 Å². The predicted octanol–water partition coefficient (Wildman–Crippen LogP) is 4.19. The van der Waals surface area contributed by atoms with Crippen molar-refractivity contribution >= 4 is 28.6 Å². The van der Waals surface area contributed by atoms with Gasteiger partial charge in [0.25, 0.3) is 5.91 Å². The molecule has 2 heterocycles. The average molecular weight is 471 g/mol. The maximum atomic E-state index is 14.3. The zero-order valence-electron chi connectivity index (χ0n) is 19.2. The van der Waals surface area contributed by atoms with E-state index in [9.17, 15) is 14.0 Å². The molecule has 2 aromatic carbocycles. The quantitative estimate of drug-likeness (QED) is 0.375. The van der Waals surface area contributed by atoms with Crippen molar-refractivity contribution in [2.24, 2.45) is 7.05 Å². The van der Waals surface area contributed by atoms with Gasteiger partial charge in [0, 0.05) is 19.2 Å². The number of aromatic nitrogens is 3. The first-order chi connectivity index (χ1) is 16.9. The van der Waals surface area contributed by atoms with Gasteiger partial charge in [-0.05, 0) is 25.1 Å². The second-order valence-electron chi connectivity index (χ2n) is 7.81. The lowest BCUT2D eigenvalue weighted by molar-refractivity contribution is -0.121. The van der Waals surface area contributed by atoms with E-state index < -0.39 is 24.3 Å². The first-order valence-corrected chi connectivity index (χ1v) is 10.9. The molecule has 0 aliphatic heterocycles. The van der Waals surface area contributed by atoms with Crippen molar-refractivity contribution in [2.45, 2.75) is 13.3 Å². The highest BCUT2D eigenvalue weighted by molar-refractivity contribution is 6.06. The molecule has 1 amide bonds. The van der Waals surface area contributed by atoms with Crippen LogP contribution >= 0.6 is 0 Å². The number of fused-ring (bicyclic) bond motifs is 1. The molecule has 0 saturated carbocycles. The Morgan fingerprint density at radius 1 is 1.14 bits per heavy atom. The molecule has 4 rings (SSSR count). The normalized spacial score (nSPS) is 10.7. The Balaban J connectivity index is 1.63. The van der Waals surface area contributed by atoms with Gasteiger partial charge >= 0.3 is 5.97 Å². The molecule has 35 heavy (non-hydrogen) atoms. The summed E-state index contributed by atoms with van der Waals surface area (Å²) in [5.41, 5.74) is 2.70. The van der Waals surface area contributed by atoms with Gasteiger partial charge in [0.05, 0.1) is 40.5 Å². The summed E-state index contributed by atoms with van der Waals surface area (Å²) >= 11 is 0. The van der Waals surface area contributed by atoms with Gasteiger partial charge in [0.1, 0.15) is 5.82 Å². The van der Waals surface area contributed by atoms with Gasteiger partial charge in [0.15, 0.2) is 12.3 Å². The molecule has 0 N–H and O–H groups in total. The number of para-hydroxylation sites is 1. The number of ether oxygens (including phenoxy) is 1. The van der Waals surface area contributed by atoms with Crippen molar-refractivity contribution in [3.05, 3.63) is 77.7 Å². The largest absolute Gasteiger partial charge is 0.452 e. The summed E-state index contributed by atoms with van der Waals surface area (Å²) in [6.45, 7) is 1.10. The fourth-order valence-corrected chi connectivity index (χ4v) is 3.86. The van der Waals surface area contributed by atoms with Crippen LogP contribution in [0.1, 0.15) is 22.5 Å². The minimum absolute atomic E-state index is 0.00564. The lowest BCUT2D eigenvalue weighted by Crippen LogP contribution is -2.36. The number of anilines is 1. The first kappa shape index (κ1) is 23.6. The number of benzene rings is 2. The van der Waals surface area contributed by atoms with Gasteiger partial charge in [-0.25, -0.2) is 14.2 Å². The maximum Gasteiger partial charge on any atom is 0.339 e. The molecular weight excluding hydrogens is 449 g/mol. The molecule has 9 heteroatoms. The number of hydrogen-bond donors (Lipinski definition) is 0. The number of nitrogens with zero attached hydrogens (tertiary/aromatic N) is 5. The van der Waals surface area contributed by atoms with E-state index in [2.05, 4.69) is 10.1 Å². The van der Waals surface area contributed by atoms with Gasteiger partial charge in [-0.1, -0.05) is 42.5 Å². The molecule has 8 nitrogen and oxygen atoms in total. The van der Waals surface area contributed by atoms with Crippen LogP contribution in [0.5, 0.6) is 0 Å². The van der Waals surface area contributed by atoms with Crippen molar-refractivity contribution in [2.75, 3.05) is 18.1 Å². The summed E-state index contributed by atoms with van der Waals surface area (Å²) in [7, 11) is 1.73. The third kappa shape index (κ3) is 4.87. The number of nitriles is 1. The van der Waals surface area contributed by atoms with Crippen LogP contribution in [0, 0.1) is 24.1 Å². The summed E-state index contributed by atoms with van der Waals surface area (Å²) in [4.78, 5) is 31.8. The number of amides is 1. The second kappa shape index (κ2) is 10.1. The van der Waals surface area contributed by atoms with Gasteiger partial charge in [-0.3, -0.25) is 9.48 Å². The minimum Gasteiger partial charge on any atom is -0.452 e. The van der Waals surface area contributed by atoms with E-state index in [1.54, 1.807) is 30.8 Å². The third-order valence-electron chi connectivity index (χ3n) is 5.48. The lowest BCUT2D eigenvalue weighted by atomic mass is 10.1. The zero-order valence-corrected chi connectivity index (χ0v) is 19.2. The van der Waals surface area contributed by atoms with Crippen molar-refractivity contribution in [1.82, 2.24) is 14.8 Å². The van der Waals surface area contributed by atoms with Crippen molar-refractivity contribution < 1.29 is 18.7 Å². The number of aryl methyl sites for hydroxylation is 2. The summed E-state index contributed by atoms with van der Waals surface area (Å²) in [6.07, 6.45) is -0.00564. The highest BCUT2D eigenvalue weighted by Crippen LogP contribution is 2.27. The minimum atomic E-state index is -0.729. The van der Waals surface area contributed by atoms with Gasteiger partial charge < -0.3 is 9.64 Å². The molecule has 0 bridgehead atoms. The molecule has 0 aliphatic carbocycles. The molecule has 0 atom stereocenters. The molecule has 0 saturated heterocycles. The Hall–Kier alpha value is -4.58. The van der Waals surface area contributed by atoms with Crippen LogP contribution in [-0.4, -0.2) is 39.8 Å². The Morgan fingerprint density at radius 2 is 1.86 bits per heavy atom. The fourth-order valence-electron chi connectivity index (χ4n) is 3.86. The van der Waals surface area contributed by atoms with Crippen LogP contribution in [-0.2, 0) is 16.6 Å². The Labute approximate surface area is 201 Å². The molecule has 0 unspecified atom stereocenters. The number of hydrogen-bond acceptors (Lipinski definition) is 6. The number of carbonyl (C=O) groups is 2. The SMILES string of the molecule is Cc1nn(C)c2nc(-c3ccccc3)cc(C(=O)OCC(=O)N(CCC#N)c3ccccc3F)c12. The molecule has 176 valence electrons. The molecule has 2 aromatic heterocycles. The Morgan fingerprint density at radius 3 is 2.57 bits per heavy atom. The zero-order chi connectivity index (χ0) is 24.9. The van der Waals surface area contributed by atoms with Gasteiger partial charge in [0.2, 0.25) is 0 Å². The van der Waals surface area contributed by atoms with Gasteiger partial charge in [-0.15, -0.1) is 0 Å². The number of esters is 1. The van der Waals surface area contributed by atoms with Gasteiger partial charge in [-0.2, -0.15) is 10.4 Å². The number of carbonyl (C=O) groups excluding carboxylic acids is 2.